The molecule has 8 aliphatic carbocycles. The topological polar surface area (TPSA) is 37.4 Å². The van der Waals surface area contributed by atoms with Crippen molar-refractivity contribution in [3.63, 3.8) is 0 Å². The van der Waals surface area contributed by atoms with Gasteiger partial charge in [0.15, 0.2) is 0 Å². The molecule has 8 fully saturated rings. The van der Waals surface area contributed by atoms with Gasteiger partial charge in [0.25, 0.3) is 0 Å². The summed E-state index contributed by atoms with van der Waals surface area (Å²) >= 11 is 0. The molecule has 3 nitrogen and oxygen atoms in total. The van der Waals surface area contributed by atoms with Crippen molar-refractivity contribution in [3.05, 3.63) is 9.96 Å². The number of nitrogens with zero attached hydrogens (tertiary/aromatic N) is 2. The maximum absolute atomic E-state index is 5.34. The van der Waals surface area contributed by atoms with Crippen LogP contribution in [0.1, 0.15) is 90.9 Å². The van der Waals surface area contributed by atoms with Gasteiger partial charge in [-0.15, -0.1) is 11.1 Å². The predicted molar refractivity (Wildman–Crippen MR) is 163 cm³/mol. The Morgan fingerprint density at radius 3 is 0.889 bits per heavy atom. The zero-order valence-electron chi connectivity index (χ0n) is 25.4. The summed E-state index contributed by atoms with van der Waals surface area (Å²) < 4.78 is 4.83. The summed E-state index contributed by atoms with van der Waals surface area (Å²) in [5.41, 5.74) is 0.943. The number of hydrogen-bond donors (Lipinski definition) is 0. The summed E-state index contributed by atoms with van der Waals surface area (Å²) in [6.45, 7) is 20.1. The normalized spacial score (nSPS) is 41.7. The van der Waals surface area contributed by atoms with Gasteiger partial charge >= 0.3 is 23.1 Å². The van der Waals surface area contributed by atoms with E-state index < -0.39 is 16.5 Å². The molecule has 8 rings (SSSR count). The van der Waals surface area contributed by atoms with E-state index in [4.69, 9.17) is 14.7 Å². The van der Waals surface area contributed by atoms with Crippen molar-refractivity contribution in [2.75, 3.05) is 13.2 Å². The van der Waals surface area contributed by atoms with Crippen LogP contribution in [0.5, 0.6) is 0 Å². The van der Waals surface area contributed by atoms with Crippen LogP contribution in [0.15, 0.2) is 0 Å². The Labute approximate surface area is 243 Å². The molecule has 8 aliphatic rings. The van der Waals surface area contributed by atoms with Crippen LogP contribution in [-0.4, -0.2) is 63.8 Å². The molecule has 8 bridgehead atoms. The number of hydrogen-bond acceptors (Lipinski definition) is 1. The summed E-state index contributed by atoms with van der Waals surface area (Å²) in [5.74, 6) is 6.31. The van der Waals surface area contributed by atoms with Crippen LogP contribution in [0, 0.1) is 35.5 Å². The van der Waals surface area contributed by atoms with Gasteiger partial charge in [0.05, 0.1) is 0 Å². The Balaban J connectivity index is 0.000000166. The first kappa shape index (κ1) is 31.6. The van der Waals surface area contributed by atoms with Gasteiger partial charge in [0, 0.05) is 13.2 Å². The van der Waals surface area contributed by atoms with Gasteiger partial charge in [-0.3, -0.25) is 0 Å². The summed E-state index contributed by atoms with van der Waals surface area (Å²) in [4.78, 5) is 10.7. The minimum atomic E-state index is -1.22. The molecule has 36 heavy (non-hydrogen) atoms. The van der Waals surface area contributed by atoms with Gasteiger partial charge in [-0.25, -0.2) is 0 Å². The molecule has 204 valence electrons. The van der Waals surface area contributed by atoms with E-state index in [1.165, 1.54) is 38.5 Å². The van der Waals surface area contributed by atoms with Crippen LogP contribution in [0.2, 0.25) is 39.3 Å². The molecule has 0 amide bonds. The van der Waals surface area contributed by atoms with Crippen LogP contribution in [0.25, 0.3) is 9.96 Å². The summed E-state index contributed by atoms with van der Waals surface area (Å²) in [5, 5.41) is 0. The zero-order valence-corrected chi connectivity index (χ0v) is 28.8. The summed E-state index contributed by atoms with van der Waals surface area (Å²) in [6.07, 6.45) is 17.9. The van der Waals surface area contributed by atoms with E-state index in [2.05, 4.69) is 39.3 Å². The molecule has 0 radical (unpaired) electrons. The fraction of sp³-hybridized carbons (Fsp3) is 1.00. The van der Waals surface area contributed by atoms with E-state index in [0.29, 0.717) is 11.1 Å². The molecule has 0 heterocycles. The van der Waals surface area contributed by atoms with Crippen molar-refractivity contribution in [1.29, 1.82) is 0 Å². The van der Waals surface area contributed by atoms with Gasteiger partial charge < -0.3 is 14.7 Å². The van der Waals surface area contributed by atoms with Crippen LogP contribution in [0.3, 0.4) is 0 Å². The Kier molecular flexibility index (Phi) is 10.8. The van der Waals surface area contributed by atoms with Gasteiger partial charge in [-0.05, 0) is 87.9 Å². The minimum absolute atomic E-state index is 0. The zero-order chi connectivity index (χ0) is 25.5. The fourth-order valence-electron chi connectivity index (χ4n) is 10.0. The van der Waals surface area contributed by atoms with Crippen molar-refractivity contribution in [2.45, 2.75) is 141 Å². The molecule has 0 aromatic carbocycles. The monoisotopic (exact) mass is 542 g/mol. The molecule has 0 N–H and O–H groups in total. The molecule has 0 saturated heterocycles. The van der Waals surface area contributed by atoms with Crippen LogP contribution in [0.4, 0.5) is 0 Å². The van der Waals surface area contributed by atoms with Gasteiger partial charge in [0.1, 0.15) is 0 Å². The van der Waals surface area contributed by atoms with Crippen molar-refractivity contribution in [1.82, 2.24) is 0 Å². The maximum Gasteiger partial charge on any atom is 2.00 e. The second kappa shape index (κ2) is 12.3. The van der Waals surface area contributed by atoms with E-state index in [1.807, 2.05) is 13.8 Å². The number of ether oxygens (including phenoxy) is 1. The largest absolute Gasteiger partial charge is 2.00 e. The molecular formula is C30H58MgN2OSi2. The standard InChI is InChI=1S/2C13H24NSi.C4H10O.Mg/c2*1-15(2,3)14-13-7-10-4-11(8-13)6-12(5-10)9-13;1-3-5-4-2;/h2*10-12H,4-9H2,1-3H3;3-4H2,1-2H3;/q2*-1;;+2. The first-order chi connectivity index (χ1) is 16.3. The van der Waals surface area contributed by atoms with Gasteiger partial charge in [-0.1, -0.05) is 94.3 Å². The molecule has 0 aromatic heterocycles. The van der Waals surface area contributed by atoms with Crippen LogP contribution < -0.4 is 0 Å². The Morgan fingerprint density at radius 2 is 0.750 bits per heavy atom. The molecule has 0 atom stereocenters. The van der Waals surface area contributed by atoms with E-state index in [-0.39, 0.29) is 23.1 Å². The second-order valence-corrected chi connectivity index (χ2v) is 24.8. The third kappa shape index (κ3) is 8.54. The van der Waals surface area contributed by atoms with Crippen LogP contribution >= 0.6 is 0 Å². The van der Waals surface area contributed by atoms with E-state index in [1.54, 1.807) is 38.5 Å². The van der Waals surface area contributed by atoms with Gasteiger partial charge in [-0.2, -0.15) is 0 Å². The number of rotatable bonds is 6. The second-order valence-electron chi connectivity index (χ2n) is 15.6. The smallest absolute Gasteiger partial charge is 0.659 e. The molecule has 6 heteroatoms. The molecule has 0 aromatic rings. The summed E-state index contributed by atoms with van der Waals surface area (Å²) in [7, 11) is -2.44. The minimum Gasteiger partial charge on any atom is -0.659 e. The maximum atomic E-state index is 5.34. The molecule has 0 aliphatic heterocycles. The average Bonchev–Trinajstić information content (AvgIpc) is 2.63. The van der Waals surface area contributed by atoms with E-state index in [9.17, 15) is 0 Å². The van der Waals surface area contributed by atoms with E-state index in [0.717, 1.165) is 48.7 Å². The molecule has 0 spiro atoms. The Hall–Kier alpha value is 1.08. The molecule has 0 unspecified atom stereocenters. The third-order valence-corrected chi connectivity index (χ3v) is 11.9. The predicted octanol–water partition coefficient (Wildman–Crippen LogP) is 8.99. The van der Waals surface area contributed by atoms with E-state index >= 15 is 0 Å². The van der Waals surface area contributed by atoms with Crippen molar-refractivity contribution in [3.8, 4) is 0 Å². The average molecular weight is 543 g/mol. The molecular weight excluding hydrogens is 485 g/mol. The SMILES string of the molecule is CCOCC.C[Si](C)(C)[N-]C12CC3CC(CC(C3)C1)C2.C[Si](C)(C)[N-]C12CC3CC(CC(C3)C1)C2.[Mg+2]. The fourth-order valence-corrected chi connectivity index (χ4v) is 13.4. The first-order valence-corrected chi connectivity index (χ1v) is 22.3. The van der Waals surface area contributed by atoms with Gasteiger partial charge in [0.2, 0.25) is 0 Å². The quantitative estimate of drug-likeness (QED) is 0.308. The summed E-state index contributed by atoms with van der Waals surface area (Å²) in [6, 6.07) is 0. The third-order valence-electron chi connectivity index (χ3n) is 9.57. The first-order valence-electron chi connectivity index (χ1n) is 15.4. The van der Waals surface area contributed by atoms with Crippen molar-refractivity contribution < 1.29 is 4.74 Å². The molecule has 8 saturated carbocycles. The Bertz CT molecular complexity index is 573. The Morgan fingerprint density at radius 1 is 0.528 bits per heavy atom. The van der Waals surface area contributed by atoms with Crippen molar-refractivity contribution >= 4 is 39.5 Å². The van der Waals surface area contributed by atoms with Crippen LogP contribution in [-0.2, 0) is 4.74 Å². The van der Waals surface area contributed by atoms with Crippen molar-refractivity contribution in [2.24, 2.45) is 35.5 Å².